The van der Waals surface area contributed by atoms with Crippen molar-refractivity contribution in [1.29, 1.82) is 0 Å². The molecule has 2 unspecified atom stereocenters. The fourth-order valence-electron chi connectivity index (χ4n) is 2.92. The van der Waals surface area contributed by atoms with Gasteiger partial charge in [-0.15, -0.1) is 0 Å². The Hall–Kier alpha value is -0.610. The van der Waals surface area contributed by atoms with Gasteiger partial charge in [0, 0.05) is 13.1 Å². The third-order valence-electron chi connectivity index (χ3n) is 4.00. The van der Waals surface area contributed by atoms with Crippen LogP contribution < -0.4 is 10.6 Å². The largest absolute Gasteiger partial charge is 0.392 e. The van der Waals surface area contributed by atoms with Crippen LogP contribution in [0, 0.1) is 5.92 Å². The lowest BCUT2D eigenvalue weighted by molar-refractivity contribution is -0.122. The van der Waals surface area contributed by atoms with E-state index >= 15 is 0 Å². The molecular weight excluding hydrogens is 216 g/mol. The zero-order chi connectivity index (χ0) is 12.1. The normalized spacial score (nSPS) is 30.4. The highest BCUT2D eigenvalue weighted by molar-refractivity contribution is 5.82. The van der Waals surface area contributed by atoms with Gasteiger partial charge in [-0.2, -0.15) is 0 Å². The molecule has 0 aromatic carbocycles. The summed E-state index contributed by atoms with van der Waals surface area (Å²) >= 11 is 0. The summed E-state index contributed by atoms with van der Waals surface area (Å²) in [6, 6.07) is -0.184. The van der Waals surface area contributed by atoms with E-state index in [0.29, 0.717) is 13.0 Å². The van der Waals surface area contributed by atoms with Gasteiger partial charge in [0.15, 0.2) is 0 Å². The Balaban J connectivity index is 1.59. The highest BCUT2D eigenvalue weighted by Crippen LogP contribution is 2.25. The molecule has 1 heterocycles. The van der Waals surface area contributed by atoms with E-state index in [1.165, 1.54) is 32.1 Å². The SMILES string of the molecule is O=C(NCCC1CCCCC1)C1CC(O)CN1. The number of amides is 1. The molecule has 2 fully saturated rings. The van der Waals surface area contributed by atoms with Crippen molar-refractivity contribution in [3.05, 3.63) is 0 Å². The van der Waals surface area contributed by atoms with Gasteiger partial charge in [-0.1, -0.05) is 32.1 Å². The molecule has 0 aromatic heterocycles. The summed E-state index contributed by atoms with van der Waals surface area (Å²) < 4.78 is 0. The molecule has 98 valence electrons. The van der Waals surface area contributed by atoms with Gasteiger partial charge in [0.1, 0.15) is 0 Å². The summed E-state index contributed by atoms with van der Waals surface area (Å²) in [6.07, 6.45) is 8.06. The Morgan fingerprint density at radius 3 is 2.71 bits per heavy atom. The molecule has 2 atom stereocenters. The van der Waals surface area contributed by atoms with Crippen molar-refractivity contribution in [3.63, 3.8) is 0 Å². The summed E-state index contributed by atoms with van der Waals surface area (Å²) in [5.74, 6) is 0.864. The van der Waals surface area contributed by atoms with Gasteiger partial charge in [0.25, 0.3) is 0 Å². The zero-order valence-corrected chi connectivity index (χ0v) is 10.5. The fourth-order valence-corrected chi connectivity index (χ4v) is 2.92. The first-order valence-corrected chi connectivity index (χ1v) is 6.95. The van der Waals surface area contributed by atoms with Crippen LogP contribution in [0.25, 0.3) is 0 Å². The average Bonchev–Trinajstić information content (AvgIpc) is 2.77. The summed E-state index contributed by atoms with van der Waals surface area (Å²) in [6.45, 7) is 1.33. The minimum Gasteiger partial charge on any atom is -0.392 e. The molecule has 0 aromatic rings. The first kappa shape index (κ1) is 12.8. The standard InChI is InChI=1S/C13H24N2O2/c16-11-8-12(15-9-11)13(17)14-7-6-10-4-2-1-3-5-10/h10-12,15-16H,1-9H2,(H,14,17). The van der Waals surface area contributed by atoms with Crippen LogP contribution in [0.3, 0.4) is 0 Å². The van der Waals surface area contributed by atoms with Gasteiger partial charge in [-0.25, -0.2) is 0 Å². The van der Waals surface area contributed by atoms with Gasteiger partial charge in [0.2, 0.25) is 5.91 Å². The summed E-state index contributed by atoms with van der Waals surface area (Å²) in [4.78, 5) is 11.7. The van der Waals surface area contributed by atoms with Crippen molar-refractivity contribution < 1.29 is 9.90 Å². The topological polar surface area (TPSA) is 61.4 Å². The van der Waals surface area contributed by atoms with Crippen LogP contribution in [-0.2, 0) is 4.79 Å². The van der Waals surface area contributed by atoms with Crippen LogP contribution >= 0.6 is 0 Å². The van der Waals surface area contributed by atoms with Crippen molar-refractivity contribution >= 4 is 5.91 Å². The Kier molecular flexibility index (Phi) is 4.80. The Labute approximate surface area is 103 Å². The molecule has 4 heteroatoms. The van der Waals surface area contributed by atoms with Crippen molar-refractivity contribution in [3.8, 4) is 0 Å². The van der Waals surface area contributed by atoms with Gasteiger partial charge < -0.3 is 15.7 Å². The Bertz CT molecular complexity index is 252. The second-order valence-electron chi connectivity index (χ2n) is 5.43. The molecule has 1 aliphatic heterocycles. The van der Waals surface area contributed by atoms with Crippen molar-refractivity contribution in [2.75, 3.05) is 13.1 Å². The summed E-state index contributed by atoms with van der Waals surface area (Å²) in [5, 5.41) is 15.3. The molecule has 0 spiro atoms. The second kappa shape index (κ2) is 6.36. The molecule has 3 N–H and O–H groups in total. The number of hydrogen-bond acceptors (Lipinski definition) is 3. The lowest BCUT2D eigenvalue weighted by Crippen LogP contribution is -2.41. The van der Waals surface area contributed by atoms with E-state index in [2.05, 4.69) is 10.6 Å². The first-order chi connectivity index (χ1) is 8.25. The van der Waals surface area contributed by atoms with Crippen LogP contribution in [0.1, 0.15) is 44.9 Å². The van der Waals surface area contributed by atoms with Gasteiger partial charge in [-0.3, -0.25) is 4.79 Å². The molecule has 1 aliphatic carbocycles. The number of aliphatic hydroxyl groups is 1. The first-order valence-electron chi connectivity index (χ1n) is 6.95. The van der Waals surface area contributed by atoms with E-state index in [9.17, 15) is 9.90 Å². The smallest absolute Gasteiger partial charge is 0.237 e. The molecule has 0 bridgehead atoms. The maximum atomic E-state index is 11.7. The number of β-amino-alcohol motifs (C(OH)–C–C–N with tert-alkyl or cyclic N) is 1. The van der Waals surface area contributed by atoms with E-state index in [-0.39, 0.29) is 18.1 Å². The van der Waals surface area contributed by atoms with Gasteiger partial charge in [-0.05, 0) is 18.8 Å². The third kappa shape index (κ3) is 3.96. The molecule has 1 amide bonds. The summed E-state index contributed by atoms with van der Waals surface area (Å²) in [7, 11) is 0. The van der Waals surface area contributed by atoms with E-state index in [0.717, 1.165) is 18.9 Å². The minimum atomic E-state index is -0.357. The number of aliphatic hydroxyl groups excluding tert-OH is 1. The second-order valence-corrected chi connectivity index (χ2v) is 5.43. The number of rotatable bonds is 4. The monoisotopic (exact) mass is 240 g/mol. The van der Waals surface area contributed by atoms with Crippen LogP contribution in [0.4, 0.5) is 0 Å². The van der Waals surface area contributed by atoms with E-state index < -0.39 is 0 Å². The molecule has 17 heavy (non-hydrogen) atoms. The lowest BCUT2D eigenvalue weighted by atomic mass is 9.87. The highest BCUT2D eigenvalue weighted by atomic mass is 16.3. The van der Waals surface area contributed by atoms with Gasteiger partial charge in [0.05, 0.1) is 12.1 Å². The predicted molar refractivity (Wildman–Crippen MR) is 66.6 cm³/mol. The molecule has 1 saturated carbocycles. The molecule has 2 rings (SSSR count). The molecule has 2 aliphatic rings. The minimum absolute atomic E-state index is 0.0531. The number of hydrogen-bond donors (Lipinski definition) is 3. The molecule has 0 radical (unpaired) electrons. The predicted octanol–water partition coefficient (Wildman–Crippen LogP) is 0.796. The van der Waals surface area contributed by atoms with Crippen LogP contribution in [0.15, 0.2) is 0 Å². The maximum Gasteiger partial charge on any atom is 0.237 e. The van der Waals surface area contributed by atoms with Crippen molar-refractivity contribution in [1.82, 2.24) is 10.6 Å². The van der Waals surface area contributed by atoms with Crippen LogP contribution in [-0.4, -0.2) is 36.2 Å². The van der Waals surface area contributed by atoms with Crippen LogP contribution in [0.2, 0.25) is 0 Å². The zero-order valence-electron chi connectivity index (χ0n) is 10.5. The number of carbonyl (C=O) groups excluding carboxylic acids is 1. The van der Waals surface area contributed by atoms with Gasteiger partial charge >= 0.3 is 0 Å². The van der Waals surface area contributed by atoms with E-state index in [1.54, 1.807) is 0 Å². The van der Waals surface area contributed by atoms with Crippen LogP contribution in [0.5, 0.6) is 0 Å². The third-order valence-corrected chi connectivity index (χ3v) is 4.00. The Morgan fingerprint density at radius 2 is 2.06 bits per heavy atom. The Morgan fingerprint density at radius 1 is 1.29 bits per heavy atom. The van der Waals surface area contributed by atoms with Crippen molar-refractivity contribution in [2.45, 2.75) is 57.1 Å². The summed E-state index contributed by atoms with van der Waals surface area (Å²) in [5.41, 5.74) is 0. The fraction of sp³-hybridized carbons (Fsp3) is 0.923. The molecule has 4 nitrogen and oxygen atoms in total. The number of nitrogens with one attached hydrogen (secondary N) is 2. The number of carbonyl (C=O) groups is 1. The van der Waals surface area contributed by atoms with Crippen molar-refractivity contribution in [2.24, 2.45) is 5.92 Å². The maximum absolute atomic E-state index is 11.7. The van der Waals surface area contributed by atoms with E-state index in [1.807, 2.05) is 0 Å². The quantitative estimate of drug-likeness (QED) is 0.681. The average molecular weight is 240 g/mol. The lowest BCUT2D eigenvalue weighted by Gasteiger charge is -2.21. The molecular formula is C13H24N2O2. The molecule has 1 saturated heterocycles. The highest BCUT2D eigenvalue weighted by Gasteiger charge is 2.27. The van der Waals surface area contributed by atoms with E-state index in [4.69, 9.17) is 0 Å².